The molecule has 3 heteroatoms. The summed E-state index contributed by atoms with van der Waals surface area (Å²) in [5, 5.41) is 3.63. The lowest BCUT2D eigenvalue weighted by molar-refractivity contribution is 0.422. The molecule has 102 valence electrons. The fourth-order valence-electron chi connectivity index (χ4n) is 2.28. The van der Waals surface area contributed by atoms with Gasteiger partial charge in [0, 0.05) is 25.5 Å². The lowest BCUT2D eigenvalue weighted by atomic mass is 9.97. The van der Waals surface area contributed by atoms with Crippen molar-refractivity contribution < 1.29 is 0 Å². The van der Waals surface area contributed by atoms with Gasteiger partial charge < -0.3 is 9.88 Å². The summed E-state index contributed by atoms with van der Waals surface area (Å²) in [5.41, 5.74) is 1.35. The van der Waals surface area contributed by atoms with Gasteiger partial charge in [-0.25, -0.2) is 4.98 Å². The van der Waals surface area contributed by atoms with Crippen molar-refractivity contribution in [2.24, 2.45) is 13.0 Å². The molecule has 0 saturated carbocycles. The molecule has 1 atom stereocenters. The van der Waals surface area contributed by atoms with E-state index in [1.807, 2.05) is 19.4 Å². The van der Waals surface area contributed by atoms with Gasteiger partial charge in [0.25, 0.3) is 0 Å². The SMILES string of the molecule is CC(C)CC(NCc1nccn1C)c1ccccc1. The first-order chi connectivity index (χ1) is 9.16. The summed E-state index contributed by atoms with van der Waals surface area (Å²) < 4.78 is 2.06. The fourth-order valence-corrected chi connectivity index (χ4v) is 2.28. The third kappa shape index (κ3) is 3.93. The van der Waals surface area contributed by atoms with Gasteiger partial charge in [-0.05, 0) is 17.9 Å². The Hall–Kier alpha value is -1.61. The second-order valence-electron chi connectivity index (χ2n) is 5.43. The van der Waals surface area contributed by atoms with Crippen LogP contribution >= 0.6 is 0 Å². The maximum Gasteiger partial charge on any atom is 0.122 e. The number of aryl methyl sites for hydroxylation is 1. The molecule has 0 aliphatic carbocycles. The van der Waals surface area contributed by atoms with E-state index in [1.54, 1.807) is 0 Å². The number of benzene rings is 1. The van der Waals surface area contributed by atoms with E-state index in [9.17, 15) is 0 Å². The van der Waals surface area contributed by atoms with Crippen LogP contribution in [0.5, 0.6) is 0 Å². The van der Waals surface area contributed by atoms with Crippen molar-refractivity contribution in [3.05, 3.63) is 54.1 Å². The predicted octanol–water partition coefficient (Wildman–Crippen LogP) is 3.30. The highest BCUT2D eigenvalue weighted by atomic mass is 15.1. The van der Waals surface area contributed by atoms with Crippen molar-refractivity contribution in [2.75, 3.05) is 0 Å². The van der Waals surface area contributed by atoms with Gasteiger partial charge in [0.05, 0.1) is 6.54 Å². The topological polar surface area (TPSA) is 29.9 Å². The monoisotopic (exact) mass is 257 g/mol. The minimum Gasteiger partial charge on any atom is -0.337 e. The van der Waals surface area contributed by atoms with Crippen molar-refractivity contribution in [3.8, 4) is 0 Å². The molecule has 1 N–H and O–H groups in total. The fraction of sp³-hybridized carbons (Fsp3) is 0.438. The average molecular weight is 257 g/mol. The zero-order valence-electron chi connectivity index (χ0n) is 12.0. The summed E-state index contributed by atoms with van der Waals surface area (Å²) in [6, 6.07) is 11.0. The van der Waals surface area contributed by atoms with Gasteiger partial charge in [0.2, 0.25) is 0 Å². The summed E-state index contributed by atoms with van der Waals surface area (Å²) in [5.74, 6) is 1.74. The standard InChI is InChI=1S/C16H23N3/c1-13(2)11-15(14-7-5-4-6-8-14)18-12-16-17-9-10-19(16)3/h4-10,13,15,18H,11-12H2,1-3H3. The highest BCUT2D eigenvalue weighted by Gasteiger charge is 2.13. The number of rotatable bonds is 6. The third-order valence-electron chi connectivity index (χ3n) is 3.34. The Labute approximate surface area is 115 Å². The van der Waals surface area contributed by atoms with Crippen LogP contribution in [-0.4, -0.2) is 9.55 Å². The van der Waals surface area contributed by atoms with Gasteiger partial charge in [-0.1, -0.05) is 44.2 Å². The zero-order chi connectivity index (χ0) is 13.7. The molecule has 1 unspecified atom stereocenters. The van der Waals surface area contributed by atoms with E-state index in [1.165, 1.54) is 5.56 Å². The Morgan fingerprint density at radius 2 is 1.95 bits per heavy atom. The molecule has 0 aliphatic rings. The lowest BCUT2D eigenvalue weighted by Crippen LogP contribution is -2.23. The number of aromatic nitrogens is 2. The molecule has 2 rings (SSSR count). The summed E-state index contributed by atoms with van der Waals surface area (Å²) >= 11 is 0. The number of imidazole rings is 1. The zero-order valence-corrected chi connectivity index (χ0v) is 12.0. The molecule has 3 nitrogen and oxygen atoms in total. The smallest absolute Gasteiger partial charge is 0.122 e. The van der Waals surface area contributed by atoms with Crippen LogP contribution in [0.2, 0.25) is 0 Å². The van der Waals surface area contributed by atoms with Crippen LogP contribution in [0, 0.1) is 5.92 Å². The Bertz CT molecular complexity index is 488. The Morgan fingerprint density at radius 3 is 2.53 bits per heavy atom. The van der Waals surface area contributed by atoms with E-state index in [-0.39, 0.29) is 0 Å². The van der Waals surface area contributed by atoms with Crippen LogP contribution in [0.3, 0.4) is 0 Å². The predicted molar refractivity (Wildman–Crippen MR) is 78.7 cm³/mol. The third-order valence-corrected chi connectivity index (χ3v) is 3.34. The lowest BCUT2D eigenvalue weighted by Gasteiger charge is -2.21. The summed E-state index contributed by atoms with van der Waals surface area (Å²) in [6.07, 6.45) is 4.96. The van der Waals surface area contributed by atoms with Crippen molar-refractivity contribution >= 4 is 0 Å². The Morgan fingerprint density at radius 1 is 1.21 bits per heavy atom. The van der Waals surface area contributed by atoms with Gasteiger partial charge in [-0.15, -0.1) is 0 Å². The largest absolute Gasteiger partial charge is 0.337 e. The van der Waals surface area contributed by atoms with Crippen molar-refractivity contribution in [1.29, 1.82) is 0 Å². The van der Waals surface area contributed by atoms with E-state index >= 15 is 0 Å². The minimum atomic E-state index is 0.387. The minimum absolute atomic E-state index is 0.387. The van der Waals surface area contributed by atoms with Gasteiger partial charge in [-0.3, -0.25) is 0 Å². The molecule has 0 bridgehead atoms. The molecule has 0 radical (unpaired) electrons. The van der Waals surface area contributed by atoms with Gasteiger partial charge in [-0.2, -0.15) is 0 Å². The van der Waals surface area contributed by atoms with E-state index in [2.05, 4.69) is 59.0 Å². The van der Waals surface area contributed by atoms with E-state index in [4.69, 9.17) is 0 Å². The summed E-state index contributed by atoms with van der Waals surface area (Å²) in [7, 11) is 2.03. The maximum atomic E-state index is 4.36. The van der Waals surface area contributed by atoms with E-state index < -0.39 is 0 Å². The van der Waals surface area contributed by atoms with Gasteiger partial charge in [0.15, 0.2) is 0 Å². The Balaban J connectivity index is 2.04. The average Bonchev–Trinajstić information content (AvgIpc) is 2.81. The Kier molecular flexibility index (Phi) is 4.74. The molecule has 0 aliphatic heterocycles. The van der Waals surface area contributed by atoms with Crippen LogP contribution < -0.4 is 5.32 Å². The first-order valence-corrected chi connectivity index (χ1v) is 6.91. The highest BCUT2D eigenvalue weighted by Crippen LogP contribution is 2.21. The second kappa shape index (κ2) is 6.53. The molecular formula is C16H23N3. The number of hydrogen-bond donors (Lipinski definition) is 1. The van der Waals surface area contributed by atoms with Crippen molar-refractivity contribution in [1.82, 2.24) is 14.9 Å². The maximum absolute atomic E-state index is 4.36. The molecule has 1 heterocycles. The van der Waals surface area contributed by atoms with Crippen LogP contribution in [0.4, 0.5) is 0 Å². The molecule has 0 amide bonds. The number of nitrogens with zero attached hydrogens (tertiary/aromatic N) is 2. The quantitative estimate of drug-likeness (QED) is 0.860. The highest BCUT2D eigenvalue weighted by molar-refractivity contribution is 5.19. The molecule has 2 aromatic rings. The van der Waals surface area contributed by atoms with Crippen LogP contribution in [0.15, 0.2) is 42.7 Å². The molecular weight excluding hydrogens is 234 g/mol. The molecule has 0 spiro atoms. The number of nitrogens with one attached hydrogen (secondary N) is 1. The van der Waals surface area contributed by atoms with E-state index in [0.29, 0.717) is 12.0 Å². The molecule has 0 fully saturated rings. The van der Waals surface area contributed by atoms with E-state index in [0.717, 1.165) is 18.8 Å². The first kappa shape index (κ1) is 13.8. The van der Waals surface area contributed by atoms with Crippen LogP contribution in [-0.2, 0) is 13.6 Å². The summed E-state index contributed by atoms with van der Waals surface area (Å²) in [6.45, 7) is 5.33. The van der Waals surface area contributed by atoms with Crippen LogP contribution in [0.1, 0.15) is 37.7 Å². The molecule has 19 heavy (non-hydrogen) atoms. The second-order valence-corrected chi connectivity index (χ2v) is 5.43. The molecule has 1 aromatic carbocycles. The molecule has 0 saturated heterocycles. The van der Waals surface area contributed by atoms with Crippen molar-refractivity contribution in [2.45, 2.75) is 32.9 Å². The normalized spacial score (nSPS) is 12.8. The molecule has 1 aromatic heterocycles. The summed E-state index contributed by atoms with van der Waals surface area (Å²) in [4.78, 5) is 4.36. The van der Waals surface area contributed by atoms with Crippen LogP contribution in [0.25, 0.3) is 0 Å². The first-order valence-electron chi connectivity index (χ1n) is 6.91. The van der Waals surface area contributed by atoms with Gasteiger partial charge in [0.1, 0.15) is 5.82 Å². The van der Waals surface area contributed by atoms with Crippen molar-refractivity contribution in [3.63, 3.8) is 0 Å². The number of hydrogen-bond acceptors (Lipinski definition) is 2. The van der Waals surface area contributed by atoms with Gasteiger partial charge >= 0.3 is 0 Å².